The monoisotopic (exact) mass is 315 g/mol. The molecule has 0 aliphatic carbocycles. The van der Waals surface area contributed by atoms with E-state index in [2.05, 4.69) is 0 Å². The van der Waals surface area contributed by atoms with Crippen LogP contribution in [0, 0.1) is 11.6 Å². The summed E-state index contributed by atoms with van der Waals surface area (Å²) in [6, 6.07) is 1.74. The Labute approximate surface area is 127 Å². The number of hydrogen-bond acceptors (Lipinski definition) is 4. The van der Waals surface area contributed by atoms with Crippen LogP contribution in [0.1, 0.15) is 38.7 Å². The average Bonchev–Trinajstić information content (AvgIpc) is 2.30. The maximum Gasteiger partial charge on any atom is 0.315 e. The highest BCUT2D eigenvalue weighted by molar-refractivity contribution is 5.81. The van der Waals surface area contributed by atoms with Gasteiger partial charge in [-0.15, -0.1) is 0 Å². The van der Waals surface area contributed by atoms with Crippen LogP contribution in [0.3, 0.4) is 0 Å². The molecule has 0 bridgehead atoms. The normalized spacial score (nSPS) is 14.3. The summed E-state index contributed by atoms with van der Waals surface area (Å²) in [7, 11) is 0. The first kappa shape index (κ1) is 18.0. The van der Waals surface area contributed by atoms with Crippen LogP contribution in [-0.4, -0.2) is 28.7 Å². The van der Waals surface area contributed by atoms with Crippen molar-refractivity contribution in [2.75, 3.05) is 0 Å². The molecule has 0 heterocycles. The van der Waals surface area contributed by atoms with Crippen molar-refractivity contribution >= 4 is 11.9 Å². The number of aliphatic carboxylic acids is 1. The highest BCUT2D eigenvalue weighted by Crippen LogP contribution is 2.26. The van der Waals surface area contributed by atoms with Gasteiger partial charge in [0.15, 0.2) is 11.6 Å². The van der Waals surface area contributed by atoms with Gasteiger partial charge in [0.1, 0.15) is 5.60 Å². The number of benzene rings is 1. The Morgan fingerprint density at radius 2 is 1.86 bits per heavy atom. The van der Waals surface area contributed by atoms with Gasteiger partial charge < -0.3 is 15.6 Å². The van der Waals surface area contributed by atoms with Gasteiger partial charge in [0.25, 0.3) is 0 Å². The number of halogens is 2. The number of carbonyl (C=O) groups is 2. The molecule has 2 atom stereocenters. The van der Waals surface area contributed by atoms with Crippen LogP contribution < -0.4 is 5.73 Å². The number of carboxylic acid groups (broad SMARTS) is 1. The smallest absolute Gasteiger partial charge is 0.315 e. The number of carboxylic acids is 1. The summed E-state index contributed by atoms with van der Waals surface area (Å²) >= 11 is 0. The molecule has 0 aliphatic rings. The molecule has 0 spiro atoms. The third kappa shape index (κ3) is 5.07. The lowest BCUT2D eigenvalue weighted by Gasteiger charge is -2.27. The lowest BCUT2D eigenvalue weighted by atomic mass is 9.89. The summed E-state index contributed by atoms with van der Waals surface area (Å²) in [5.74, 6) is -5.41. The third-order valence-corrected chi connectivity index (χ3v) is 2.80. The highest BCUT2D eigenvalue weighted by Gasteiger charge is 2.33. The molecular formula is C15H19F2NO4. The van der Waals surface area contributed by atoms with E-state index in [1.54, 1.807) is 20.8 Å². The van der Waals surface area contributed by atoms with Crippen LogP contribution in [0.4, 0.5) is 8.78 Å². The van der Waals surface area contributed by atoms with Crippen molar-refractivity contribution in [3.8, 4) is 0 Å². The molecule has 1 aromatic carbocycles. The number of carbonyl (C=O) groups excluding carboxylic acids is 1. The molecule has 122 valence electrons. The van der Waals surface area contributed by atoms with Gasteiger partial charge in [-0.05, 0) is 38.5 Å². The SMILES string of the molecule is CC(C)(C)OC(=O)[C@@H](c1ccc(F)c(F)c1)[C@@H](N)CC(=O)O. The molecule has 3 N–H and O–H groups in total. The van der Waals surface area contributed by atoms with Crippen LogP contribution in [0.5, 0.6) is 0 Å². The number of esters is 1. The van der Waals surface area contributed by atoms with Crippen molar-refractivity contribution in [2.24, 2.45) is 5.73 Å². The van der Waals surface area contributed by atoms with Crippen LogP contribution in [0.15, 0.2) is 18.2 Å². The summed E-state index contributed by atoms with van der Waals surface area (Å²) in [4.78, 5) is 23.1. The quantitative estimate of drug-likeness (QED) is 0.813. The van der Waals surface area contributed by atoms with Crippen LogP contribution in [0.2, 0.25) is 0 Å². The van der Waals surface area contributed by atoms with E-state index in [0.29, 0.717) is 0 Å². The van der Waals surface area contributed by atoms with Crippen molar-refractivity contribution < 1.29 is 28.2 Å². The zero-order valence-electron chi connectivity index (χ0n) is 12.6. The van der Waals surface area contributed by atoms with Crippen molar-refractivity contribution in [3.05, 3.63) is 35.4 Å². The average molecular weight is 315 g/mol. The van der Waals surface area contributed by atoms with Crippen LogP contribution in [0.25, 0.3) is 0 Å². The minimum absolute atomic E-state index is 0.0712. The van der Waals surface area contributed by atoms with E-state index >= 15 is 0 Å². The van der Waals surface area contributed by atoms with Gasteiger partial charge in [-0.1, -0.05) is 6.07 Å². The van der Waals surface area contributed by atoms with Gasteiger partial charge in [-0.25, -0.2) is 8.78 Å². The molecule has 0 saturated heterocycles. The zero-order chi connectivity index (χ0) is 17.1. The molecule has 0 fully saturated rings. The Kier molecular flexibility index (Phi) is 5.59. The van der Waals surface area contributed by atoms with Gasteiger partial charge in [0, 0.05) is 6.04 Å². The first-order valence-corrected chi connectivity index (χ1v) is 6.66. The first-order chi connectivity index (χ1) is 10.0. The Bertz CT molecular complexity index is 569. The van der Waals surface area contributed by atoms with Gasteiger partial charge >= 0.3 is 11.9 Å². The molecule has 0 radical (unpaired) electrons. The highest BCUT2D eigenvalue weighted by atomic mass is 19.2. The largest absolute Gasteiger partial charge is 0.481 e. The van der Waals surface area contributed by atoms with Crippen molar-refractivity contribution in [1.82, 2.24) is 0 Å². The van der Waals surface area contributed by atoms with Gasteiger partial charge in [0.2, 0.25) is 0 Å². The minimum Gasteiger partial charge on any atom is -0.481 e. The molecule has 7 heteroatoms. The fourth-order valence-corrected chi connectivity index (χ4v) is 1.95. The molecule has 0 aromatic heterocycles. The van der Waals surface area contributed by atoms with Crippen molar-refractivity contribution in [2.45, 2.75) is 44.8 Å². The maximum absolute atomic E-state index is 13.4. The van der Waals surface area contributed by atoms with Crippen LogP contribution >= 0.6 is 0 Å². The topological polar surface area (TPSA) is 89.6 Å². The fourth-order valence-electron chi connectivity index (χ4n) is 1.95. The summed E-state index contributed by atoms with van der Waals surface area (Å²) in [5, 5.41) is 8.83. The van der Waals surface area contributed by atoms with Crippen molar-refractivity contribution in [1.29, 1.82) is 0 Å². The lowest BCUT2D eigenvalue weighted by Crippen LogP contribution is -2.39. The van der Waals surface area contributed by atoms with E-state index in [1.165, 1.54) is 6.07 Å². The van der Waals surface area contributed by atoms with E-state index in [0.717, 1.165) is 12.1 Å². The van der Waals surface area contributed by atoms with E-state index in [9.17, 15) is 18.4 Å². The minimum atomic E-state index is -1.20. The third-order valence-electron chi connectivity index (χ3n) is 2.80. The second-order valence-electron chi connectivity index (χ2n) is 5.95. The van der Waals surface area contributed by atoms with E-state index in [-0.39, 0.29) is 5.56 Å². The predicted molar refractivity (Wildman–Crippen MR) is 75.2 cm³/mol. The molecule has 1 aromatic rings. The number of ether oxygens (including phenoxy) is 1. The Hall–Kier alpha value is -2.02. The zero-order valence-corrected chi connectivity index (χ0v) is 12.6. The molecule has 0 saturated carbocycles. The number of nitrogens with two attached hydrogens (primary N) is 1. The van der Waals surface area contributed by atoms with Gasteiger partial charge in [0.05, 0.1) is 12.3 Å². The van der Waals surface area contributed by atoms with E-state index in [1.807, 2.05) is 0 Å². The van der Waals surface area contributed by atoms with Gasteiger partial charge in [-0.2, -0.15) is 0 Å². The Balaban J connectivity index is 3.17. The maximum atomic E-state index is 13.4. The summed E-state index contributed by atoms with van der Waals surface area (Å²) in [6.07, 6.45) is -0.511. The summed E-state index contributed by atoms with van der Waals surface area (Å²) in [6.45, 7) is 4.90. The molecule has 1 rings (SSSR count). The Morgan fingerprint density at radius 3 is 2.32 bits per heavy atom. The molecule has 0 amide bonds. The van der Waals surface area contributed by atoms with Crippen molar-refractivity contribution in [3.63, 3.8) is 0 Å². The van der Waals surface area contributed by atoms with Gasteiger partial charge in [-0.3, -0.25) is 9.59 Å². The molecule has 22 heavy (non-hydrogen) atoms. The lowest BCUT2D eigenvalue weighted by molar-refractivity contribution is -0.157. The first-order valence-electron chi connectivity index (χ1n) is 6.66. The fraction of sp³-hybridized carbons (Fsp3) is 0.467. The molecule has 5 nitrogen and oxygen atoms in total. The standard InChI is InChI=1S/C15H19F2NO4/c1-15(2,3)22-14(21)13(11(18)7-12(19)20)8-4-5-9(16)10(17)6-8/h4-6,11,13H,7,18H2,1-3H3,(H,19,20)/t11-,13-/m0/s1. The number of hydrogen-bond donors (Lipinski definition) is 2. The second-order valence-corrected chi connectivity index (χ2v) is 5.95. The molecule has 0 unspecified atom stereocenters. The van der Waals surface area contributed by atoms with E-state index < -0.39 is 47.6 Å². The Morgan fingerprint density at radius 1 is 1.27 bits per heavy atom. The predicted octanol–water partition coefficient (Wildman–Crippen LogP) is 2.19. The van der Waals surface area contributed by atoms with E-state index in [4.69, 9.17) is 15.6 Å². The summed E-state index contributed by atoms with van der Waals surface area (Å²) in [5.41, 5.74) is 5.01. The molecular weight excluding hydrogens is 296 g/mol. The van der Waals surface area contributed by atoms with Crippen LogP contribution in [-0.2, 0) is 14.3 Å². The number of rotatable bonds is 5. The second kappa shape index (κ2) is 6.83. The molecule has 0 aliphatic heterocycles. The summed E-state index contributed by atoms with van der Waals surface area (Å²) < 4.78 is 31.6.